The molecule has 0 unspecified atom stereocenters. The van der Waals surface area contributed by atoms with Gasteiger partial charge in [-0.1, -0.05) is 46.5 Å². The smallest absolute Gasteiger partial charge is 0.175 e. The Morgan fingerprint density at radius 3 is 2.85 bits per heavy atom. The Hall–Kier alpha value is -0.900. The lowest BCUT2D eigenvalue weighted by atomic mass is 10.4. The Kier molecular flexibility index (Phi) is 4.11. The van der Waals surface area contributed by atoms with E-state index in [1.54, 1.807) is 45.7 Å². The molecular weight excluding hydrogens is 336 g/mol. The van der Waals surface area contributed by atoms with Crippen molar-refractivity contribution in [3.63, 3.8) is 0 Å². The van der Waals surface area contributed by atoms with E-state index in [1.165, 1.54) is 0 Å². The van der Waals surface area contributed by atoms with Gasteiger partial charge < -0.3 is 0 Å². The number of hydrogen-bond acceptors (Lipinski definition) is 8. The van der Waals surface area contributed by atoms with Crippen LogP contribution in [0.15, 0.2) is 14.9 Å². The normalized spacial score (nSPS) is 11.3. The molecule has 0 amide bonds. The van der Waals surface area contributed by atoms with Crippen LogP contribution in [-0.4, -0.2) is 36.2 Å². The van der Waals surface area contributed by atoms with Crippen molar-refractivity contribution in [2.24, 2.45) is 7.05 Å². The van der Waals surface area contributed by atoms with Crippen molar-refractivity contribution in [2.75, 3.05) is 6.26 Å². The van der Waals surface area contributed by atoms with Gasteiger partial charge in [0.2, 0.25) is 0 Å². The summed E-state index contributed by atoms with van der Waals surface area (Å²) in [4.78, 5) is 8.76. The maximum atomic E-state index is 6.14. The van der Waals surface area contributed by atoms with Gasteiger partial charge in [0.25, 0.3) is 0 Å². The fraction of sp³-hybridized carbons (Fsp3) is 0.300. The summed E-state index contributed by atoms with van der Waals surface area (Å²) in [7, 11) is 1.83. The lowest BCUT2D eigenvalue weighted by Crippen LogP contribution is -1.98. The summed E-state index contributed by atoms with van der Waals surface area (Å²) in [5.74, 6) is 1.26. The van der Waals surface area contributed by atoms with E-state index in [2.05, 4.69) is 25.3 Å². The summed E-state index contributed by atoms with van der Waals surface area (Å²) in [6.45, 7) is 0. The zero-order chi connectivity index (χ0) is 14.1. The summed E-state index contributed by atoms with van der Waals surface area (Å²) in [6.07, 6.45) is 3.65. The highest BCUT2D eigenvalue weighted by atomic mass is 35.5. The first-order valence-electron chi connectivity index (χ1n) is 5.52. The number of aryl methyl sites for hydroxylation is 1. The third-order valence-electron chi connectivity index (χ3n) is 2.48. The molecule has 0 aliphatic rings. The third kappa shape index (κ3) is 2.76. The lowest BCUT2D eigenvalue weighted by Gasteiger charge is -2.00. The fourth-order valence-corrected chi connectivity index (χ4v) is 4.08. The zero-order valence-electron chi connectivity index (χ0n) is 10.6. The van der Waals surface area contributed by atoms with Gasteiger partial charge in [0.05, 0.1) is 17.3 Å². The predicted octanol–water partition coefficient (Wildman–Crippen LogP) is 2.88. The van der Waals surface area contributed by atoms with Crippen molar-refractivity contribution in [2.45, 2.75) is 14.4 Å². The molecule has 0 aliphatic carbocycles. The van der Waals surface area contributed by atoms with Gasteiger partial charge in [0.1, 0.15) is 11.0 Å². The average molecular weight is 345 g/mol. The average Bonchev–Trinajstić information content (AvgIpc) is 3.04. The van der Waals surface area contributed by atoms with E-state index < -0.39 is 0 Å². The van der Waals surface area contributed by atoms with Gasteiger partial charge in [-0.25, -0.2) is 9.97 Å². The van der Waals surface area contributed by atoms with Gasteiger partial charge in [-0.2, -0.15) is 5.10 Å². The zero-order valence-corrected chi connectivity index (χ0v) is 13.8. The minimum Gasteiger partial charge on any atom is -0.250 e. The molecule has 0 fully saturated rings. The van der Waals surface area contributed by atoms with Gasteiger partial charge in [-0.3, -0.25) is 4.68 Å². The second-order valence-corrected chi connectivity index (χ2v) is 7.37. The van der Waals surface area contributed by atoms with Crippen molar-refractivity contribution >= 4 is 57.5 Å². The molecule has 104 valence electrons. The van der Waals surface area contributed by atoms with Gasteiger partial charge in [0, 0.05) is 7.05 Å². The van der Waals surface area contributed by atoms with Crippen LogP contribution in [0.4, 0.5) is 0 Å². The van der Waals surface area contributed by atoms with E-state index in [0.717, 1.165) is 19.7 Å². The lowest BCUT2D eigenvalue weighted by molar-refractivity contribution is 0.782. The molecule has 0 bridgehead atoms. The van der Waals surface area contributed by atoms with E-state index in [9.17, 15) is 0 Å². The Morgan fingerprint density at radius 2 is 2.10 bits per heavy atom. The van der Waals surface area contributed by atoms with Crippen molar-refractivity contribution < 1.29 is 0 Å². The number of thioether (sulfide) groups is 2. The highest BCUT2D eigenvalue weighted by molar-refractivity contribution is 8.02. The number of nitrogens with zero attached hydrogens (tertiary/aromatic N) is 6. The monoisotopic (exact) mass is 344 g/mol. The molecule has 0 saturated heterocycles. The Bertz CT molecular complexity index is 755. The number of rotatable bonds is 4. The predicted molar refractivity (Wildman–Crippen MR) is 82.6 cm³/mol. The molecule has 10 heteroatoms. The summed E-state index contributed by atoms with van der Waals surface area (Å²) in [5.41, 5.74) is 0.739. The van der Waals surface area contributed by atoms with Crippen LogP contribution in [0.5, 0.6) is 0 Å². The van der Waals surface area contributed by atoms with Crippen LogP contribution in [-0.2, 0) is 12.8 Å². The van der Waals surface area contributed by atoms with Crippen LogP contribution in [0, 0.1) is 0 Å². The largest absolute Gasteiger partial charge is 0.250 e. The Morgan fingerprint density at radius 1 is 1.30 bits per heavy atom. The summed E-state index contributed by atoms with van der Waals surface area (Å²) in [6, 6.07) is 0. The van der Waals surface area contributed by atoms with Crippen LogP contribution >= 0.6 is 46.5 Å². The molecule has 0 atom stereocenters. The Labute approximate surface area is 132 Å². The third-order valence-corrected chi connectivity index (χ3v) is 5.80. The molecule has 20 heavy (non-hydrogen) atoms. The van der Waals surface area contributed by atoms with Gasteiger partial charge in [-0.05, 0) is 6.26 Å². The minimum absolute atomic E-state index is 0.431. The second-order valence-electron chi connectivity index (χ2n) is 3.76. The SMILES string of the molecule is CSc1nnc(SCc2nc(Cl)c3cnn(C)c3n2)s1. The molecule has 0 aliphatic heterocycles. The standard InChI is InChI=1S/C10H9ClN6S3/c1-17-8-5(3-12-17)7(11)13-6(14-8)4-19-10-16-15-9(18-2)20-10/h3H,4H2,1-2H3. The second kappa shape index (κ2) is 5.84. The van der Waals surface area contributed by atoms with E-state index in [0.29, 0.717) is 16.7 Å². The van der Waals surface area contributed by atoms with E-state index >= 15 is 0 Å². The van der Waals surface area contributed by atoms with Crippen LogP contribution in [0.1, 0.15) is 5.82 Å². The molecule has 3 rings (SSSR count). The molecule has 0 radical (unpaired) electrons. The molecule has 0 saturated carbocycles. The molecular formula is C10H9ClN6S3. The molecule has 3 heterocycles. The van der Waals surface area contributed by atoms with Crippen LogP contribution in [0.3, 0.4) is 0 Å². The first kappa shape index (κ1) is 14.1. The number of fused-ring (bicyclic) bond motifs is 1. The van der Waals surface area contributed by atoms with E-state index in [-0.39, 0.29) is 0 Å². The molecule has 0 N–H and O–H groups in total. The first-order valence-corrected chi connectivity index (χ1v) is 8.92. The van der Waals surface area contributed by atoms with E-state index in [4.69, 9.17) is 11.6 Å². The van der Waals surface area contributed by atoms with E-state index in [1.807, 2.05) is 13.3 Å². The maximum Gasteiger partial charge on any atom is 0.175 e. The van der Waals surface area contributed by atoms with Gasteiger partial charge in [-0.15, -0.1) is 10.2 Å². The topological polar surface area (TPSA) is 69.4 Å². The van der Waals surface area contributed by atoms with Crippen LogP contribution in [0.2, 0.25) is 5.15 Å². The highest BCUT2D eigenvalue weighted by Gasteiger charge is 2.11. The van der Waals surface area contributed by atoms with Crippen molar-refractivity contribution in [1.82, 2.24) is 29.9 Å². The molecule has 0 spiro atoms. The molecule has 3 aromatic rings. The van der Waals surface area contributed by atoms with Crippen LogP contribution < -0.4 is 0 Å². The minimum atomic E-state index is 0.431. The summed E-state index contributed by atoms with van der Waals surface area (Å²) >= 11 is 10.8. The van der Waals surface area contributed by atoms with Crippen molar-refractivity contribution in [3.8, 4) is 0 Å². The molecule has 3 aromatic heterocycles. The molecule has 0 aromatic carbocycles. The van der Waals surface area contributed by atoms with Gasteiger partial charge in [0.15, 0.2) is 14.3 Å². The summed E-state index contributed by atoms with van der Waals surface area (Å²) in [5, 5.41) is 13.5. The van der Waals surface area contributed by atoms with Crippen molar-refractivity contribution in [1.29, 1.82) is 0 Å². The van der Waals surface area contributed by atoms with Crippen LogP contribution in [0.25, 0.3) is 11.0 Å². The number of hydrogen-bond donors (Lipinski definition) is 0. The van der Waals surface area contributed by atoms with Crippen molar-refractivity contribution in [3.05, 3.63) is 17.2 Å². The quantitative estimate of drug-likeness (QED) is 0.532. The summed E-state index contributed by atoms with van der Waals surface area (Å²) < 4.78 is 3.54. The molecule has 6 nitrogen and oxygen atoms in total. The first-order chi connectivity index (χ1) is 9.67. The number of aromatic nitrogens is 6. The Balaban J connectivity index is 1.81. The maximum absolute atomic E-state index is 6.14. The van der Waals surface area contributed by atoms with Gasteiger partial charge >= 0.3 is 0 Å². The highest BCUT2D eigenvalue weighted by Crippen LogP contribution is 2.29. The fourth-order valence-electron chi connectivity index (χ4n) is 1.56. The number of halogens is 1.